The lowest BCUT2D eigenvalue weighted by atomic mass is 10.0. The van der Waals surface area contributed by atoms with Crippen molar-refractivity contribution >= 4 is 40.2 Å². The van der Waals surface area contributed by atoms with Gasteiger partial charge in [-0.05, 0) is 49.1 Å². The number of halogens is 2. The van der Waals surface area contributed by atoms with E-state index in [1.54, 1.807) is 0 Å². The normalized spacial score (nSPS) is 17.8. The fourth-order valence-corrected chi connectivity index (χ4v) is 4.03. The highest BCUT2D eigenvalue weighted by molar-refractivity contribution is 6.42. The van der Waals surface area contributed by atoms with E-state index in [0.717, 1.165) is 48.4 Å². The molecule has 1 fully saturated rings. The molecule has 6 heteroatoms. The van der Waals surface area contributed by atoms with Crippen molar-refractivity contribution in [3.05, 3.63) is 58.1 Å². The van der Waals surface area contributed by atoms with Gasteiger partial charge in [0.15, 0.2) is 0 Å². The molecule has 0 radical (unpaired) electrons. The SMILES string of the molecule is OCC1CCCCN1c1nc2ccccc2n1Cc1ccc(Cl)c(Cl)c1. The Morgan fingerprint density at radius 3 is 2.73 bits per heavy atom. The van der Waals surface area contributed by atoms with Gasteiger partial charge in [-0.15, -0.1) is 0 Å². The summed E-state index contributed by atoms with van der Waals surface area (Å²) in [7, 11) is 0. The first-order valence-electron chi connectivity index (χ1n) is 8.94. The van der Waals surface area contributed by atoms with Crippen molar-refractivity contribution < 1.29 is 5.11 Å². The Bertz CT molecular complexity index is 925. The highest BCUT2D eigenvalue weighted by Gasteiger charge is 2.26. The molecule has 0 saturated carbocycles. The number of nitrogens with zero attached hydrogens (tertiary/aromatic N) is 3. The number of fused-ring (bicyclic) bond motifs is 1. The van der Waals surface area contributed by atoms with Crippen LogP contribution < -0.4 is 4.90 Å². The molecule has 4 rings (SSSR count). The Morgan fingerprint density at radius 1 is 1.08 bits per heavy atom. The van der Waals surface area contributed by atoms with Crippen LogP contribution in [0.25, 0.3) is 11.0 Å². The largest absolute Gasteiger partial charge is 0.394 e. The molecular weight excluding hydrogens is 369 g/mol. The lowest BCUT2D eigenvalue weighted by Crippen LogP contribution is -2.43. The molecule has 1 atom stereocenters. The summed E-state index contributed by atoms with van der Waals surface area (Å²) in [5.74, 6) is 0.913. The maximum atomic E-state index is 9.83. The summed E-state index contributed by atoms with van der Waals surface area (Å²) in [4.78, 5) is 7.14. The van der Waals surface area contributed by atoms with Gasteiger partial charge in [-0.2, -0.15) is 0 Å². The minimum absolute atomic E-state index is 0.119. The molecule has 3 aromatic rings. The maximum Gasteiger partial charge on any atom is 0.207 e. The van der Waals surface area contributed by atoms with Gasteiger partial charge < -0.3 is 14.6 Å². The molecule has 136 valence electrons. The van der Waals surface area contributed by atoms with Gasteiger partial charge in [0.2, 0.25) is 5.95 Å². The molecule has 1 aromatic heterocycles. The van der Waals surface area contributed by atoms with E-state index in [4.69, 9.17) is 28.2 Å². The summed E-state index contributed by atoms with van der Waals surface area (Å²) in [5, 5.41) is 10.9. The third kappa shape index (κ3) is 3.29. The summed E-state index contributed by atoms with van der Waals surface area (Å²) >= 11 is 12.3. The van der Waals surface area contributed by atoms with Crippen LogP contribution in [0.3, 0.4) is 0 Å². The molecule has 0 bridgehead atoms. The molecule has 0 amide bonds. The quantitative estimate of drug-likeness (QED) is 0.700. The van der Waals surface area contributed by atoms with Gasteiger partial charge >= 0.3 is 0 Å². The predicted octanol–water partition coefficient (Wildman–Crippen LogP) is 4.74. The van der Waals surface area contributed by atoms with Gasteiger partial charge in [-0.25, -0.2) is 4.98 Å². The number of hydrogen-bond acceptors (Lipinski definition) is 3. The van der Waals surface area contributed by atoms with Crippen LogP contribution >= 0.6 is 23.2 Å². The molecule has 1 saturated heterocycles. The first-order chi connectivity index (χ1) is 12.7. The molecule has 1 aliphatic heterocycles. The van der Waals surface area contributed by atoms with E-state index in [2.05, 4.69) is 15.5 Å². The smallest absolute Gasteiger partial charge is 0.207 e. The number of imidazole rings is 1. The Balaban J connectivity index is 1.79. The number of aliphatic hydroxyl groups excluding tert-OH is 1. The van der Waals surface area contributed by atoms with Crippen molar-refractivity contribution in [1.82, 2.24) is 9.55 Å². The molecule has 0 spiro atoms. The number of anilines is 1. The standard InChI is InChI=1S/C20H21Cl2N3O/c21-16-9-8-14(11-17(16)22)12-25-19-7-2-1-6-18(19)23-20(25)24-10-4-3-5-15(24)13-26/h1-2,6-9,11,15,26H,3-5,10,12-13H2. The van der Waals surface area contributed by atoms with E-state index < -0.39 is 0 Å². The predicted molar refractivity (Wildman–Crippen MR) is 107 cm³/mol. The van der Waals surface area contributed by atoms with Crippen molar-refractivity contribution in [2.75, 3.05) is 18.1 Å². The molecular formula is C20H21Cl2N3O. The third-order valence-corrected chi connectivity index (χ3v) is 5.79. The molecule has 4 nitrogen and oxygen atoms in total. The second-order valence-corrected chi connectivity index (χ2v) is 7.58. The second kappa shape index (κ2) is 7.47. The lowest BCUT2D eigenvalue weighted by molar-refractivity contribution is 0.238. The van der Waals surface area contributed by atoms with Crippen LogP contribution in [0, 0.1) is 0 Å². The number of rotatable bonds is 4. The number of para-hydroxylation sites is 2. The van der Waals surface area contributed by atoms with E-state index in [9.17, 15) is 5.11 Å². The van der Waals surface area contributed by atoms with E-state index in [1.807, 2.05) is 36.4 Å². The second-order valence-electron chi connectivity index (χ2n) is 6.76. The maximum absolute atomic E-state index is 9.83. The Morgan fingerprint density at radius 2 is 1.92 bits per heavy atom. The number of aliphatic hydroxyl groups is 1. The summed E-state index contributed by atoms with van der Waals surface area (Å²) < 4.78 is 2.21. The van der Waals surface area contributed by atoms with Gasteiger partial charge in [-0.1, -0.05) is 41.4 Å². The summed E-state index contributed by atoms with van der Waals surface area (Å²) in [6, 6.07) is 14.0. The zero-order valence-corrected chi connectivity index (χ0v) is 15.9. The Labute approximate surface area is 163 Å². The Kier molecular flexibility index (Phi) is 5.07. The Hall–Kier alpha value is -1.75. The van der Waals surface area contributed by atoms with Crippen molar-refractivity contribution in [2.24, 2.45) is 0 Å². The van der Waals surface area contributed by atoms with Gasteiger partial charge in [-0.3, -0.25) is 0 Å². The minimum atomic E-state index is 0.119. The molecule has 1 aliphatic rings. The third-order valence-electron chi connectivity index (χ3n) is 5.05. The minimum Gasteiger partial charge on any atom is -0.394 e. The van der Waals surface area contributed by atoms with Crippen LogP contribution in [0.4, 0.5) is 5.95 Å². The number of piperidine rings is 1. The number of aromatic nitrogens is 2. The molecule has 2 heterocycles. The average Bonchev–Trinajstić information content (AvgIpc) is 3.03. The van der Waals surface area contributed by atoms with Crippen LogP contribution in [0.1, 0.15) is 24.8 Å². The van der Waals surface area contributed by atoms with E-state index in [1.165, 1.54) is 0 Å². The summed E-state index contributed by atoms with van der Waals surface area (Å²) in [5.41, 5.74) is 3.11. The first kappa shape index (κ1) is 17.7. The fraction of sp³-hybridized carbons (Fsp3) is 0.350. The van der Waals surface area contributed by atoms with Crippen molar-refractivity contribution in [2.45, 2.75) is 31.8 Å². The van der Waals surface area contributed by atoms with Crippen molar-refractivity contribution in [1.29, 1.82) is 0 Å². The van der Waals surface area contributed by atoms with Crippen LogP contribution in [0.5, 0.6) is 0 Å². The van der Waals surface area contributed by atoms with E-state index in [0.29, 0.717) is 16.6 Å². The summed E-state index contributed by atoms with van der Waals surface area (Å²) in [6.07, 6.45) is 3.26. The molecule has 1 unspecified atom stereocenters. The topological polar surface area (TPSA) is 41.3 Å². The first-order valence-corrected chi connectivity index (χ1v) is 9.69. The zero-order chi connectivity index (χ0) is 18.1. The van der Waals surface area contributed by atoms with E-state index in [-0.39, 0.29) is 12.6 Å². The molecule has 2 aromatic carbocycles. The van der Waals surface area contributed by atoms with Gasteiger partial charge in [0, 0.05) is 6.54 Å². The van der Waals surface area contributed by atoms with E-state index >= 15 is 0 Å². The van der Waals surface area contributed by atoms with Gasteiger partial charge in [0.05, 0.1) is 40.3 Å². The van der Waals surface area contributed by atoms with Gasteiger partial charge in [0.1, 0.15) is 0 Å². The molecule has 26 heavy (non-hydrogen) atoms. The van der Waals surface area contributed by atoms with Crippen LogP contribution in [0.2, 0.25) is 10.0 Å². The highest BCUT2D eigenvalue weighted by atomic mass is 35.5. The highest BCUT2D eigenvalue weighted by Crippen LogP contribution is 2.30. The van der Waals surface area contributed by atoms with Crippen LogP contribution in [0.15, 0.2) is 42.5 Å². The molecule has 0 aliphatic carbocycles. The monoisotopic (exact) mass is 389 g/mol. The average molecular weight is 390 g/mol. The van der Waals surface area contributed by atoms with Crippen molar-refractivity contribution in [3.63, 3.8) is 0 Å². The molecule has 1 N–H and O–H groups in total. The van der Waals surface area contributed by atoms with Gasteiger partial charge in [0.25, 0.3) is 0 Å². The lowest BCUT2D eigenvalue weighted by Gasteiger charge is -2.35. The number of hydrogen-bond donors (Lipinski definition) is 1. The van der Waals surface area contributed by atoms with Crippen LogP contribution in [-0.4, -0.2) is 33.9 Å². The van der Waals surface area contributed by atoms with Crippen molar-refractivity contribution in [3.8, 4) is 0 Å². The van der Waals surface area contributed by atoms with Crippen LogP contribution in [-0.2, 0) is 6.54 Å². The fourth-order valence-electron chi connectivity index (χ4n) is 3.71. The summed E-state index contributed by atoms with van der Waals surface area (Å²) in [6.45, 7) is 1.72. The number of benzene rings is 2. The zero-order valence-electron chi connectivity index (χ0n) is 14.4.